The van der Waals surface area contributed by atoms with Gasteiger partial charge >= 0.3 is 0 Å². The van der Waals surface area contributed by atoms with Crippen LogP contribution < -0.4 is 0 Å². The van der Waals surface area contributed by atoms with E-state index in [4.69, 9.17) is 0 Å². The van der Waals surface area contributed by atoms with E-state index in [1.54, 1.807) is 0 Å². The molecule has 2 rings (SSSR count). The molecule has 0 aromatic rings. The van der Waals surface area contributed by atoms with Crippen molar-refractivity contribution in [2.45, 2.75) is 64.4 Å². The predicted octanol–water partition coefficient (Wildman–Crippen LogP) is 3.12. The highest BCUT2D eigenvalue weighted by Gasteiger charge is 2.40. The number of rotatable bonds is 4. The highest BCUT2D eigenvalue weighted by atomic mass is 16.3. The molecular weight excluding hydrogens is 160 g/mol. The second kappa shape index (κ2) is 3.61. The van der Waals surface area contributed by atoms with E-state index in [1.807, 2.05) is 0 Å². The van der Waals surface area contributed by atoms with Gasteiger partial charge in [-0.15, -0.1) is 0 Å². The Morgan fingerprint density at radius 2 is 1.92 bits per heavy atom. The Labute approximate surface area is 81.5 Å². The lowest BCUT2D eigenvalue weighted by Crippen LogP contribution is -2.32. The van der Waals surface area contributed by atoms with E-state index in [2.05, 4.69) is 6.92 Å². The second-order valence-electron chi connectivity index (χ2n) is 5.12. The normalized spacial score (nSPS) is 29.1. The van der Waals surface area contributed by atoms with Crippen LogP contribution in [0.15, 0.2) is 0 Å². The summed E-state index contributed by atoms with van der Waals surface area (Å²) >= 11 is 0. The van der Waals surface area contributed by atoms with E-state index in [9.17, 15) is 5.11 Å². The molecule has 1 nitrogen and oxygen atoms in total. The molecule has 0 spiro atoms. The Balaban J connectivity index is 1.92. The van der Waals surface area contributed by atoms with E-state index in [1.165, 1.54) is 44.9 Å². The third kappa shape index (κ3) is 1.90. The molecule has 0 amide bonds. The number of hydrogen-bond acceptors (Lipinski definition) is 1. The Bertz CT molecular complexity index is 166. The maximum absolute atomic E-state index is 10.2. The smallest absolute Gasteiger partial charge is 0.0599 e. The molecule has 0 aromatic heterocycles. The average molecular weight is 182 g/mol. The highest BCUT2D eigenvalue weighted by Crippen LogP contribution is 2.47. The standard InChI is InChI=1S/C12H22O/c1-2-12(7-3-4-8-12)11(13)9-10-5-6-10/h10-11,13H,2-9H2,1H3. The van der Waals surface area contributed by atoms with Crippen LogP contribution in [0.4, 0.5) is 0 Å². The number of hydrogen-bond donors (Lipinski definition) is 1. The molecule has 0 heterocycles. The summed E-state index contributed by atoms with van der Waals surface area (Å²) in [6.07, 6.45) is 10.3. The fraction of sp³-hybridized carbons (Fsp3) is 1.00. The van der Waals surface area contributed by atoms with Crippen molar-refractivity contribution in [2.24, 2.45) is 11.3 Å². The minimum absolute atomic E-state index is 0.00694. The molecule has 2 aliphatic carbocycles. The van der Waals surface area contributed by atoms with Gasteiger partial charge in [0, 0.05) is 0 Å². The summed E-state index contributed by atoms with van der Waals surface area (Å²) in [7, 11) is 0. The van der Waals surface area contributed by atoms with Gasteiger partial charge in [0.1, 0.15) is 0 Å². The molecule has 0 aliphatic heterocycles. The fourth-order valence-electron chi connectivity index (χ4n) is 2.92. The van der Waals surface area contributed by atoms with Crippen molar-refractivity contribution in [3.63, 3.8) is 0 Å². The summed E-state index contributed by atoms with van der Waals surface area (Å²) in [6, 6.07) is 0. The largest absolute Gasteiger partial charge is 0.393 e. The molecule has 2 fully saturated rings. The second-order valence-corrected chi connectivity index (χ2v) is 5.12. The van der Waals surface area contributed by atoms with E-state index in [0.717, 1.165) is 12.3 Å². The van der Waals surface area contributed by atoms with Gasteiger partial charge in [-0.2, -0.15) is 0 Å². The van der Waals surface area contributed by atoms with Gasteiger partial charge in [0.25, 0.3) is 0 Å². The van der Waals surface area contributed by atoms with Crippen molar-refractivity contribution >= 4 is 0 Å². The van der Waals surface area contributed by atoms with Crippen LogP contribution in [-0.4, -0.2) is 11.2 Å². The summed E-state index contributed by atoms with van der Waals surface area (Å²) in [6.45, 7) is 2.25. The topological polar surface area (TPSA) is 20.2 Å². The third-order valence-corrected chi connectivity index (χ3v) is 4.26. The summed E-state index contributed by atoms with van der Waals surface area (Å²) < 4.78 is 0. The monoisotopic (exact) mass is 182 g/mol. The van der Waals surface area contributed by atoms with Gasteiger partial charge in [0.2, 0.25) is 0 Å². The summed E-state index contributed by atoms with van der Waals surface area (Å²) in [4.78, 5) is 0. The maximum Gasteiger partial charge on any atom is 0.0599 e. The van der Waals surface area contributed by atoms with E-state index in [-0.39, 0.29) is 6.10 Å². The lowest BCUT2D eigenvalue weighted by molar-refractivity contribution is 0.0149. The van der Waals surface area contributed by atoms with Crippen molar-refractivity contribution in [1.29, 1.82) is 0 Å². The van der Waals surface area contributed by atoms with Crippen molar-refractivity contribution in [3.05, 3.63) is 0 Å². The Morgan fingerprint density at radius 3 is 2.38 bits per heavy atom. The van der Waals surface area contributed by atoms with Gasteiger partial charge in [-0.1, -0.05) is 32.6 Å². The molecule has 13 heavy (non-hydrogen) atoms. The first kappa shape index (κ1) is 9.51. The van der Waals surface area contributed by atoms with Crippen LogP contribution in [0, 0.1) is 11.3 Å². The van der Waals surface area contributed by atoms with Crippen LogP contribution in [0.1, 0.15) is 58.3 Å². The summed E-state index contributed by atoms with van der Waals surface area (Å²) in [5.41, 5.74) is 0.322. The Hall–Kier alpha value is -0.0400. The minimum atomic E-state index is 0.00694. The highest BCUT2D eigenvalue weighted by molar-refractivity contribution is 4.92. The average Bonchev–Trinajstić information content (AvgIpc) is 2.83. The van der Waals surface area contributed by atoms with E-state index >= 15 is 0 Å². The quantitative estimate of drug-likeness (QED) is 0.708. The Morgan fingerprint density at radius 1 is 1.31 bits per heavy atom. The zero-order chi connectivity index (χ0) is 9.31. The van der Waals surface area contributed by atoms with Crippen LogP contribution in [0.25, 0.3) is 0 Å². The molecule has 1 N–H and O–H groups in total. The Kier molecular flexibility index (Phi) is 2.64. The molecule has 0 aromatic carbocycles. The van der Waals surface area contributed by atoms with Crippen molar-refractivity contribution < 1.29 is 5.11 Å². The zero-order valence-corrected chi connectivity index (χ0v) is 8.76. The SMILES string of the molecule is CCC1(C(O)CC2CC2)CCCC1. The van der Waals surface area contributed by atoms with Gasteiger partial charge in [-0.25, -0.2) is 0 Å². The van der Waals surface area contributed by atoms with Gasteiger partial charge < -0.3 is 5.11 Å². The maximum atomic E-state index is 10.2. The van der Waals surface area contributed by atoms with Crippen molar-refractivity contribution in [2.75, 3.05) is 0 Å². The van der Waals surface area contributed by atoms with Crippen LogP contribution >= 0.6 is 0 Å². The van der Waals surface area contributed by atoms with Gasteiger partial charge in [0.05, 0.1) is 6.10 Å². The number of aliphatic hydroxyl groups is 1. The molecule has 1 heteroatoms. The first-order chi connectivity index (χ1) is 6.27. The molecule has 1 unspecified atom stereocenters. The molecule has 0 bridgehead atoms. The van der Waals surface area contributed by atoms with Crippen LogP contribution in [-0.2, 0) is 0 Å². The van der Waals surface area contributed by atoms with Gasteiger partial charge in [-0.3, -0.25) is 0 Å². The van der Waals surface area contributed by atoms with Crippen molar-refractivity contribution in [3.8, 4) is 0 Å². The van der Waals surface area contributed by atoms with Crippen LogP contribution in [0.5, 0.6) is 0 Å². The molecular formula is C12H22O. The molecule has 2 aliphatic rings. The van der Waals surface area contributed by atoms with Crippen LogP contribution in [0.2, 0.25) is 0 Å². The van der Waals surface area contributed by atoms with Crippen molar-refractivity contribution in [1.82, 2.24) is 0 Å². The van der Waals surface area contributed by atoms with E-state index < -0.39 is 0 Å². The molecule has 0 saturated heterocycles. The van der Waals surface area contributed by atoms with Gasteiger partial charge in [0.15, 0.2) is 0 Å². The lowest BCUT2D eigenvalue weighted by Gasteiger charge is -2.33. The molecule has 76 valence electrons. The third-order valence-electron chi connectivity index (χ3n) is 4.26. The molecule has 1 atom stereocenters. The molecule has 0 radical (unpaired) electrons. The van der Waals surface area contributed by atoms with Crippen LogP contribution in [0.3, 0.4) is 0 Å². The van der Waals surface area contributed by atoms with Gasteiger partial charge in [-0.05, 0) is 37.0 Å². The zero-order valence-electron chi connectivity index (χ0n) is 8.76. The predicted molar refractivity (Wildman–Crippen MR) is 54.5 cm³/mol. The minimum Gasteiger partial charge on any atom is -0.393 e. The fourth-order valence-corrected chi connectivity index (χ4v) is 2.92. The molecule has 2 saturated carbocycles. The van der Waals surface area contributed by atoms with E-state index in [0.29, 0.717) is 5.41 Å². The number of aliphatic hydroxyl groups excluding tert-OH is 1. The summed E-state index contributed by atoms with van der Waals surface area (Å²) in [5.74, 6) is 0.874. The lowest BCUT2D eigenvalue weighted by atomic mass is 9.76. The summed E-state index contributed by atoms with van der Waals surface area (Å²) in [5, 5.41) is 10.2. The first-order valence-electron chi connectivity index (χ1n) is 5.95. The first-order valence-corrected chi connectivity index (χ1v) is 5.95.